The van der Waals surface area contributed by atoms with Gasteiger partial charge in [-0.25, -0.2) is 0 Å². The number of carboxylic acids is 1. The van der Waals surface area contributed by atoms with E-state index < -0.39 is 37.3 Å². The molecule has 5 atom stereocenters. The van der Waals surface area contributed by atoms with Crippen LogP contribution in [0.15, 0.2) is 23.8 Å². The summed E-state index contributed by atoms with van der Waals surface area (Å²) in [4.78, 5) is 10.9. The third-order valence-electron chi connectivity index (χ3n) is 6.14. The van der Waals surface area contributed by atoms with Crippen molar-refractivity contribution in [3.63, 3.8) is 0 Å². The maximum absolute atomic E-state index is 10.9. The Kier molecular flexibility index (Phi) is 4.76. The molecule has 4 nitrogen and oxygen atoms in total. The van der Waals surface area contributed by atoms with Gasteiger partial charge in [0.25, 0.3) is 0 Å². The number of carbonyl (C=O) groups is 1. The van der Waals surface area contributed by atoms with Gasteiger partial charge in [0.1, 0.15) is 0 Å². The minimum Gasteiger partial charge on any atom is -0.481 e. The topological polar surface area (TPSA) is 77.8 Å². The normalized spacial score (nSPS) is 39.2. The Hall–Kier alpha value is -1.13. The zero-order valence-corrected chi connectivity index (χ0v) is 14.6. The SMILES string of the molecule is [2H]C([2H])(/C=C1\C[C@H]2C[C@@H](O)[C@H](/C=C/[C@@H](O)C3CCCC3)[C@H]2C1)C([2H])([2H])CC(=O)O. The molecule has 0 aliphatic heterocycles. The van der Waals surface area contributed by atoms with Crippen molar-refractivity contribution >= 4 is 5.97 Å². The van der Waals surface area contributed by atoms with E-state index in [1.807, 2.05) is 12.2 Å². The van der Waals surface area contributed by atoms with E-state index in [0.29, 0.717) is 25.2 Å². The first-order valence-corrected chi connectivity index (χ1v) is 9.47. The van der Waals surface area contributed by atoms with E-state index in [1.165, 1.54) is 6.08 Å². The standard InChI is InChI=1S/C21H32O4/c22-19(15-6-2-3-7-15)10-9-17-18-12-14(5-1-4-8-21(24)25)11-16(18)13-20(17)23/h5,9-10,15-20,22-23H,1-4,6-8,11-13H2,(H,24,25)/b10-9+,14-5+/t16-,17+,18-,19+,20+/m0/s1/i1D2,4D2. The van der Waals surface area contributed by atoms with Crippen LogP contribution in [0.25, 0.3) is 0 Å². The van der Waals surface area contributed by atoms with Gasteiger partial charge in [-0.05, 0) is 62.6 Å². The average Bonchev–Trinajstić information content (AvgIpc) is 3.28. The molecule has 0 saturated heterocycles. The number of hydrogen-bond donors (Lipinski definition) is 3. The first-order chi connectivity index (χ1) is 13.5. The summed E-state index contributed by atoms with van der Waals surface area (Å²) in [7, 11) is 0. The van der Waals surface area contributed by atoms with Gasteiger partial charge in [0, 0.05) is 17.8 Å². The number of fused-ring (bicyclic) bond motifs is 1. The fourth-order valence-electron chi connectivity index (χ4n) is 4.87. The molecule has 0 heterocycles. The molecule has 0 aromatic carbocycles. The van der Waals surface area contributed by atoms with Crippen molar-refractivity contribution in [3.8, 4) is 0 Å². The molecule has 3 N–H and O–H groups in total. The van der Waals surface area contributed by atoms with Crippen molar-refractivity contribution in [2.24, 2.45) is 23.7 Å². The van der Waals surface area contributed by atoms with E-state index in [4.69, 9.17) is 10.6 Å². The maximum Gasteiger partial charge on any atom is 0.303 e. The van der Waals surface area contributed by atoms with Crippen LogP contribution >= 0.6 is 0 Å². The second-order valence-corrected chi connectivity index (χ2v) is 7.83. The van der Waals surface area contributed by atoms with Gasteiger partial charge in [0.2, 0.25) is 0 Å². The molecular formula is C21H32O4. The summed E-state index contributed by atoms with van der Waals surface area (Å²) in [5, 5.41) is 29.7. The summed E-state index contributed by atoms with van der Waals surface area (Å²) in [5.74, 6) is -0.818. The third-order valence-corrected chi connectivity index (χ3v) is 6.14. The lowest BCUT2D eigenvalue weighted by Gasteiger charge is -2.19. The second-order valence-electron chi connectivity index (χ2n) is 7.83. The van der Waals surface area contributed by atoms with Gasteiger partial charge >= 0.3 is 5.97 Å². The minimum atomic E-state index is -2.49. The van der Waals surface area contributed by atoms with Crippen LogP contribution in [0.2, 0.25) is 0 Å². The van der Waals surface area contributed by atoms with Crippen LogP contribution in [0.3, 0.4) is 0 Å². The molecule has 0 aromatic heterocycles. The van der Waals surface area contributed by atoms with Gasteiger partial charge in [0.05, 0.1) is 12.2 Å². The number of carboxylic acid groups (broad SMARTS) is 1. The molecule has 3 rings (SSSR count). The molecule has 0 bridgehead atoms. The highest BCUT2D eigenvalue weighted by Gasteiger charge is 2.45. The number of aliphatic hydroxyl groups excluding tert-OH is 2. The van der Waals surface area contributed by atoms with Crippen LogP contribution in [0.4, 0.5) is 0 Å². The number of allylic oxidation sites excluding steroid dienone is 2. The summed E-state index contributed by atoms with van der Waals surface area (Å²) in [6, 6.07) is 0. The smallest absolute Gasteiger partial charge is 0.303 e. The lowest BCUT2D eigenvalue weighted by Crippen LogP contribution is -2.19. The molecule has 3 fully saturated rings. The number of aliphatic carboxylic acids is 1. The molecule has 0 aromatic rings. The highest BCUT2D eigenvalue weighted by molar-refractivity contribution is 5.66. The zero-order chi connectivity index (χ0) is 21.4. The number of hydrogen-bond acceptors (Lipinski definition) is 3. The molecule has 3 aliphatic rings. The van der Waals surface area contributed by atoms with Gasteiger partial charge in [-0.3, -0.25) is 4.79 Å². The fraction of sp³-hybridized carbons (Fsp3) is 0.762. The molecule has 3 aliphatic carbocycles. The van der Waals surface area contributed by atoms with Crippen LogP contribution in [0, 0.1) is 23.7 Å². The Bertz CT molecular complexity index is 670. The third kappa shape index (κ3) is 4.73. The quantitative estimate of drug-likeness (QED) is 0.611. The maximum atomic E-state index is 10.9. The lowest BCUT2D eigenvalue weighted by atomic mass is 9.89. The van der Waals surface area contributed by atoms with Gasteiger partial charge < -0.3 is 15.3 Å². The summed E-state index contributed by atoms with van der Waals surface area (Å²) in [6.45, 7) is 0. The lowest BCUT2D eigenvalue weighted by molar-refractivity contribution is -0.137. The van der Waals surface area contributed by atoms with Crippen molar-refractivity contribution in [3.05, 3.63) is 23.8 Å². The van der Waals surface area contributed by atoms with E-state index >= 15 is 0 Å². The Labute approximate surface area is 156 Å². The van der Waals surface area contributed by atoms with Crippen LogP contribution in [0.1, 0.15) is 69.6 Å². The van der Waals surface area contributed by atoms with Gasteiger partial charge in [-0.15, -0.1) is 0 Å². The van der Waals surface area contributed by atoms with Crippen molar-refractivity contribution in [1.29, 1.82) is 0 Å². The zero-order valence-electron chi connectivity index (χ0n) is 18.6. The largest absolute Gasteiger partial charge is 0.481 e. The van der Waals surface area contributed by atoms with E-state index in [2.05, 4.69) is 0 Å². The number of rotatable bonds is 7. The first-order valence-electron chi connectivity index (χ1n) is 11.5. The van der Waals surface area contributed by atoms with Gasteiger partial charge in [-0.1, -0.05) is 36.6 Å². The van der Waals surface area contributed by atoms with Crippen LogP contribution < -0.4 is 0 Å². The molecule has 140 valence electrons. The molecular weight excluding hydrogens is 316 g/mol. The van der Waals surface area contributed by atoms with Crippen LogP contribution in [-0.4, -0.2) is 33.5 Å². The summed E-state index contributed by atoms with van der Waals surface area (Å²) in [5.41, 5.74) is 0.793. The molecule has 0 spiro atoms. The minimum absolute atomic E-state index is 0.0939. The van der Waals surface area contributed by atoms with Crippen molar-refractivity contribution in [1.82, 2.24) is 0 Å². The second kappa shape index (κ2) is 8.50. The summed E-state index contributed by atoms with van der Waals surface area (Å²) >= 11 is 0. The van der Waals surface area contributed by atoms with E-state index in [1.54, 1.807) is 0 Å². The molecule has 0 radical (unpaired) electrons. The fourth-order valence-corrected chi connectivity index (χ4v) is 4.87. The number of aliphatic hydroxyl groups is 2. The Morgan fingerprint density at radius 2 is 2.08 bits per heavy atom. The highest BCUT2D eigenvalue weighted by atomic mass is 16.4. The molecule has 25 heavy (non-hydrogen) atoms. The van der Waals surface area contributed by atoms with Crippen LogP contribution in [-0.2, 0) is 4.79 Å². The van der Waals surface area contributed by atoms with Crippen molar-refractivity contribution in [2.45, 2.75) is 76.3 Å². The Balaban J connectivity index is 1.68. The van der Waals surface area contributed by atoms with Gasteiger partial charge in [-0.2, -0.15) is 0 Å². The molecule has 0 amide bonds. The monoisotopic (exact) mass is 352 g/mol. The van der Waals surface area contributed by atoms with E-state index in [9.17, 15) is 15.0 Å². The van der Waals surface area contributed by atoms with Crippen molar-refractivity contribution < 1.29 is 25.6 Å². The summed E-state index contributed by atoms with van der Waals surface area (Å²) < 4.78 is 31.8. The van der Waals surface area contributed by atoms with Crippen LogP contribution in [0.5, 0.6) is 0 Å². The summed E-state index contributed by atoms with van der Waals surface area (Å²) in [6.07, 6.45) is 4.45. The predicted octanol–water partition coefficient (Wildman–Crippen LogP) is 3.68. The Morgan fingerprint density at radius 1 is 1.32 bits per heavy atom. The average molecular weight is 353 g/mol. The Morgan fingerprint density at radius 3 is 2.80 bits per heavy atom. The van der Waals surface area contributed by atoms with E-state index in [-0.39, 0.29) is 17.8 Å². The van der Waals surface area contributed by atoms with Crippen molar-refractivity contribution in [2.75, 3.05) is 0 Å². The molecule has 3 saturated carbocycles. The highest BCUT2D eigenvalue weighted by Crippen LogP contribution is 2.50. The first kappa shape index (κ1) is 14.0. The molecule has 4 heteroatoms. The molecule has 0 unspecified atom stereocenters. The predicted molar refractivity (Wildman–Crippen MR) is 97.0 cm³/mol. The van der Waals surface area contributed by atoms with Gasteiger partial charge in [0.15, 0.2) is 0 Å². The van der Waals surface area contributed by atoms with E-state index in [0.717, 1.165) is 31.3 Å².